The Morgan fingerprint density at radius 1 is 1.36 bits per heavy atom. The van der Waals surface area contributed by atoms with Crippen molar-refractivity contribution >= 4 is 18.6 Å². The van der Waals surface area contributed by atoms with Gasteiger partial charge in [-0.05, 0) is 25.7 Å². The van der Waals surface area contributed by atoms with Crippen molar-refractivity contribution < 1.29 is 14.9 Å². The second-order valence-electron chi connectivity index (χ2n) is 2.92. The van der Waals surface area contributed by atoms with E-state index >= 15 is 0 Å². The molecule has 0 saturated heterocycles. The van der Waals surface area contributed by atoms with Crippen molar-refractivity contribution in [1.29, 1.82) is 0 Å². The summed E-state index contributed by atoms with van der Waals surface area (Å²) in [5, 5.41) is 8.50. The normalized spacial score (nSPS) is 31.5. The number of hydrogen-bond donors (Lipinski definition) is 2. The number of hydrogen-bond acceptors (Lipinski definition) is 4. The van der Waals surface area contributed by atoms with Gasteiger partial charge in [-0.1, -0.05) is 0 Å². The van der Waals surface area contributed by atoms with Crippen molar-refractivity contribution in [2.45, 2.75) is 30.9 Å². The van der Waals surface area contributed by atoms with Crippen LogP contribution in [0.4, 0.5) is 0 Å². The molecule has 1 rings (SSSR count). The first-order valence-corrected chi connectivity index (χ1v) is 4.29. The van der Waals surface area contributed by atoms with Crippen molar-refractivity contribution in [3.8, 4) is 0 Å². The first kappa shape index (κ1) is 8.87. The molecular weight excluding hydrogens is 164 g/mol. The molecule has 11 heavy (non-hydrogen) atoms. The summed E-state index contributed by atoms with van der Waals surface area (Å²) in [5.41, 5.74) is 0. The Kier molecular flexibility index (Phi) is 3.20. The topological polar surface area (TPSA) is 46.5 Å². The number of rotatable bonds is 1. The molecule has 4 heteroatoms. The van der Waals surface area contributed by atoms with Crippen molar-refractivity contribution in [3.05, 3.63) is 0 Å². The van der Waals surface area contributed by atoms with E-state index in [-0.39, 0.29) is 5.92 Å². The van der Waals surface area contributed by atoms with Gasteiger partial charge in [0.25, 0.3) is 0 Å². The van der Waals surface area contributed by atoms with Gasteiger partial charge < -0.3 is 4.89 Å². The van der Waals surface area contributed by atoms with Crippen molar-refractivity contribution in [2.75, 3.05) is 0 Å². The van der Waals surface area contributed by atoms with Crippen LogP contribution in [0.5, 0.6) is 0 Å². The Hall–Kier alpha value is -0.220. The molecule has 3 nitrogen and oxygen atoms in total. The summed E-state index contributed by atoms with van der Waals surface area (Å²) in [6.07, 6.45) is 3.44. The summed E-state index contributed by atoms with van der Waals surface area (Å²) in [6, 6.07) is 0. The van der Waals surface area contributed by atoms with Gasteiger partial charge in [-0.2, -0.15) is 17.9 Å². The van der Waals surface area contributed by atoms with E-state index < -0.39 is 5.97 Å². The molecule has 0 aromatic rings. The van der Waals surface area contributed by atoms with Crippen LogP contribution < -0.4 is 0 Å². The van der Waals surface area contributed by atoms with E-state index in [0.29, 0.717) is 5.25 Å². The summed E-state index contributed by atoms with van der Waals surface area (Å²) >= 11 is 4.29. The Balaban J connectivity index is 2.33. The van der Waals surface area contributed by atoms with E-state index in [9.17, 15) is 4.79 Å². The Morgan fingerprint density at radius 3 is 2.36 bits per heavy atom. The molecule has 0 aromatic carbocycles. The monoisotopic (exact) mass is 176 g/mol. The fourth-order valence-electron chi connectivity index (χ4n) is 1.39. The SMILES string of the molecule is O=C(OO)C1CCC(S)CC1. The van der Waals surface area contributed by atoms with Crippen LogP contribution in [0.2, 0.25) is 0 Å². The largest absolute Gasteiger partial charge is 0.345 e. The quantitative estimate of drug-likeness (QED) is 0.361. The lowest BCUT2D eigenvalue weighted by molar-refractivity contribution is -0.239. The minimum Gasteiger partial charge on any atom is -0.301 e. The molecule has 1 aliphatic rings. The molecule has 0 amide bonds. The highest BCUT2D eigenvalue weighted by Gasteiger charge is 2.25. The first-order chi connectivity index (χ1) is 5.24. The van der Waals surface area contributed by atoms with Crippen LogP contribution in [0, 0.1) is 5.92 Å². The van der Waals surface area contributed by atoms with Gasteiger partial charge >= 0.3 is 5.97 Å². The minimum atomic E-state index is -0.495. The molecule has 0 aromatic heterocycles. The van der Waals surface area contributed by atoms with Crippen LogP contribution in [0.15, 0.2) is 0 Å². The van der Waals surface area contributed by atoms with Crippen LogP contribution in [0.3, 0.4) is 0 Å². The molecular formula is C7H12O3S. The summed E-state index contributed by atoms with van der Waals surface area (Å²) in [6.45, 7) is 0. The van der Waals surface area contributed by atoms with Gasteiger partial charge in [0.1, 0.15) is 0 Å². The predicted molar refractivity (Wildman–Crippen MR) is 43.5 cm³/mol. The van der Waals surface area contributed by atoms with E-state index in [1.165, 1.54) is 0 Å². The van der Waals surface area contributed by atoms with E-state index in [4.69, 9.17) is 5.26 Å². The van der Waals surface area contributed by atoms with Crippen molar-refractivity contribution in [3.63, 3.8) is 0 Å². The molecule has 0 radical (unpaired) electrons. The highest BCUT2D eigenvalue weighted by Crippen LogP contribution is 2.27. The van der Waals surface area contributed by atoms with E-state index in [1.54, 1.807) is 0 Å². The third-order valence-corrected chi connectivity index (χ3v) is 2.64. The zero-order valence-electron chi connectivity index (χ0n) is 6.19. The number of thiol groups is 1. The summed E-state index contributed by atoms with van der Waals surface area (Å²) in [5.74, 6) is -0.603. The van der Waals surface area contributed by atoms with E-state index in [1.807, 2.05) is 0 Å². The smallest absolute Gasteiger partial charge is 0.301 e. The zero-order chi connectivity index (χ0) is 8.27. The van der Waals surface area contributed by atoms with Crippen LogP contribution in [0.1, 0.15) is 25.7 Å². The Labute approximate surface area is 71.1 Å². The van der Waals surface area contributed by atoms with Crippen LogP contribution in [-0.2, 0) is 9.68 Å². The average Bonchev–Trinajstić information content (AvgIpc) is 2.05. The molecule has 1 N–H and O–H groups in total. The van der Waals surface area contributed by atoms with Gasteiger partial charge in [0.05, 0.1) is 5.92 Å². The van der Waals surface area contributed by atoms with Gasteiger partial charge in [0, 0.05) is 5.25 Å². The highest BCUT2D eigenvalue weighted by molar-refractivity contribution is 7.80. The molecule has 1 aliphatic carbocycles. The van der Waals surface area contributed by atoms with Gasteiger partial charge in [0.15, 0.2) is 0 Å². The van der Waals surface area contributed by atoms with Gasteiger partial charge in [-0.3, -0.25) is 0 Å². The summed E-state index contributed by atoms with van der Waals surface area (Å²) in [4.78, 5) is 14.4. The van der Waals surface area contributed by atoms with Gasteiger partial charge in [0.2, 0.25) is 0 Å². The zero-order valence-corrected chi connectivity index (χ0v) is 7.09. The van der Waals surface area contributed by atoms with E-state index in [2.05, 4.69) is 17.5 Å². The van der Waals surface area contributed by atoms with Crippen molar-refractivity contribution in [1.82, 2.24) is 0 Å². The fraction of sp³-hybridized carbons (Fsp3) is 0.857. The van der Waals surface area contributed by atoms with Crippen LogP contribution in [-0.4, -0.2) is 16.5 Å². The van der Waals surface area contributed by atoms with E-state index in [0.717, 1.165) is 25.7 Å². The lowest BCUT2D eigenvalue weighted by atomic mass is 9.89. The molecule has 0 aliphatic heterocycles. The molecule has 0 heterocycles. The lowest BCUT2D eigenvalue weighted by Gasteiger charge is -2.22. The summed E-state index contributed by atoms with van der Waals surface area (Å²) in [7, 11) is 0. The van der Waals surface area contributed by atoms with Crippen LogP contribution >= 0.6 is 12.6 Å². The minimum absolute atomic E-state index is 0.108. The second-order valence-corrected chi connectivity index (χ2v) is 3.65. The average molecular weight is 176 g/mol. The second kappa shape index (κ2) is 3.97. The Bertz CT molecular complexity index is 141. The van der Waals surface area contributed by atoms with Crippen LogP contribution in [0.25, 0.3) is 0 Å². The van der Waals surface area contributed by atoms with Gasteiger partial charge in [-0.25, -0.2) is 4.79 Å². The maximum absolute atomic E-state index is 10.8. The Morgan fingerprint density at radius 2 is 1.91 bits per heavy atom. The third-order valence-electron chi connectivity index (χ3n) is 2.12. The summed E-state index contributed by atoms with van der Waals surface area (Å²) < 4.78 is 0. The third kappa shape index (κ3) is 2.38. The molecule has 0 atom stereocenters. The maximum Gasteiger partial charge on any atom is 0.345 e. The van der Waals surface area contributed by atoms with Gasteiger partial charge in [-0.15, -0.1) is 0 Å². The molecule has 0 unspecified atom stereocenters. The molecule has 0 bridgehead atoms. The highest BCUT2D eigenvalue weighted by atomic mass is 32.1. The van der Waals surface area contributed by atoms with Crippen molar-refractivity contribution in [2.24, 2.45) is 5.92 Å². The maximum atomic E-state index is 10.8. The number of carbonyl (C=O) groups is 1. The fourth-order valence-corrected chi connectivity index (χ4v) is 1.68. The molecule has 1 saturated carbocycles. The predicted octanol–water partition coefficient (Wildman–Crippen LogP) is 1.49. The lowest BCUT2D eigenvalue weighted by Crippen LogP contribution is -2.23. The standard InChI is InChI=1S/C7H12O3S/c8-7(10-9)5-1-3-6(11)4-2-5/h5-6,9,11H,1-4H2. The first-order valence-electron chi connectivity index (χ1n) is 3.77. The molecule has 0 spiro atoms. The molecule has 64 valence electrons. The number of carbonyl (C=O) groups excluding carboxylic acids is 1. The molecule has 1 fully saturated rings.